The molecule has 0 atom stereocenters. The molecule has 0 unspecified atom stereocenters. The zero-order valence-corrected chi connectivity index (χ0v) is 12.3. The smallest absolute Gasteiger partial charge is 0.232 e. The fourth-order valence-corrected chi connectivity index (χ4v) is 2.55. The van der Waals surface area contributed by atoms with E-state index in [0.29, 0.717) is 18.7 Å². The van der Waals surface area contributed by atoms with E-state index >= 15 is 0 Å². The Morgan fingerprint density at radius 3 is 2.32 bits per heavy atom. The van der Waals surface area contributed by atoms with Crippen LogP contribution >= 0.6 is 0 Å². The molecule has 0 fully saturated rings. The Bertz CT molecular complexity index is 523. The number of carbonyl (C=O) groups excluding carboxylic acids is 1. The lowest BCUT2D eigenvalue weighted by molar-refractivity contribution is -0.120. The van der Waals surface area contributed by atoms with Crippen molar-refractivity contribution < 1.29 is 13.2 Å². The van der Waals surface area contributed by atoms with Crippen LogP contribution in [0.5, 0.6) is 0 Å². The zero-order valence-electron chi connectivity index (χ0n) is 11.5. The Kier molecular flexibility index (Phi) is 5.35. The summed E-state index contributed by atoms with van der Waals surface area (Å²) < 4.78 is 24.8. The highest BCUT2D eigenvalue weighted by Gasteiger charge is 2.16. The van der Waals surface area contributed by atoms with E-state index in [2.05, 4.69) is 5.32 Å². The van der Waals surface area contributed by atoms with Crippen molar-refractivity contribution in [1.29, 1.82) is 0 Å². The summed E-state index contributed by atoms with van der Waals surface area (Å²) in [4.78, 5) is 11.1. The van der Waals surface area contributed by atoms with Gasteiger partial charge < -0.3 is 5.32 Å². The Balaban J connectivity index is 2.79. The third-order valence-corrected chi connectivity index (χ3v) is 3.87. The predicted octanol–water partition coefficient (Wildman–Crippen LogP) is 1.29. The van der Waals surface area contributed by atoms with Gasteiger partial charge >= 0.3 is 0 Å². The second-order valence-electron chi connectivity index (χ2n) is 4.37. The Labute approximate surface area is 114 Å². The first kappa shape index (κ1) is 15.5. The van der Waals surface area contributed by atoms with E-state index in [1.165, 1.54) is 4.31 Å². The monoisotopic (exact) mass is 284 g/mol. The molecule has 0 saturated heterocycles. The summed E-state index contributed by atoms with van der Waals surface area (Å²) >= 11 is 0. The van der Waals surface area contributed by atoms with Crippen LogP contribution in [0.15, 0.2) is 24.3 Å². The number of nitrogens with zero attached hydrogens (tertiary/aromatic N) is 1. The van der Waals surface area contributed by atoms with Gasteiger partial charge in [-0.1, -0.05) is 24.6 Å². The number of benzene rings is 1. The molecular formula is C13H20N2O3S. The molecule has 0 heterocycles. The number of carbonyl (C=O) groups is 1. The fourth-order valence-electron chi connectivity index (χ4n) is 1.62. The van der Waals surface area contributed by atoms with Gasteiger partial charge in [0.15, 0.2) is 0 Å². The van der Waals surface area contributed by atoms with Crippen LogP contribution < -0.4 is 9.62 Å². The third-order valence-electron chi connectivity index (χ3n) is 2.68. The highest BCUT2D eigenvalue weighted by atomic mass is 32.2. The van der Waals surface area contributed by atoms with Gasteiger partial charge in [0.25, 0.3) is 0 Å². The van der Waals surface area contributed by atoms with Crippen LogP contribution in [-0.4, -0.2) is 33.7 Å². The van der Waals surface area contributed by atoms with Crippen LogP contribution in [-0.2, 0) is 14.8 Å². The molecule has 6 heteroatoms. The molecule has 1 aromatic carbocycles. The van der Waals surface area contributed by atoms with Gasteiger partial charge in [-0.25, -0.2) is 8.42 Å². The minimum absolute atomic E-state index is 0.0858. The van der Waals surface area contributed by atoms with Crippen LogP contribution in [0.4, 0.5) is 5.69 Å². The molecule has 5 nitrogen and oxygen atoms in total. The minimum atomic E-state index is -3.35. The van der Waals surface area contributed by atoms with Crippen LogP contribution in [0.25, 0.3) is 0 Å². The van der Waals surface area contributed by atoms with Gasteiger partial charge in [0.05, 0.1) is 18.5 Å². The van der Waals surface area contributed by atoms with Crippen molar-refractivity contribution in [2.45, 2.75) is 20.3 Å². The normalized spacial score (nSPS) is 11.1. The minimum Gasteiger partial charge on any atom is -0.354 e. The molecule has 1 amide bonds. The Morgan fingerprint density at radius 2 is 1.84 bits per heavy atom. The molecule has 0 saturated carbocycles. The van der Waals surface area contributed by atoms with Crippen molar-refractivity contribution >= 4 is 21.6 Å². The second kappa shape index (κ2) is 6.56. The average molecular weight is 284 g/mol. The van der Waals surface area contributed by atoms with Crippen molar-refractivity contribution in [3.8, 4) is 0 Å². The molecule has 1 aromatic rings. The molecule has 0 spiro atoms. The molecule has 0 aliphatic carbocycles. The number of rotatable bonds is 6. The van der Waals surface area contributed by atoms with E-state index in [1.807, 2.05) is 19.1 Å². The number of hydrogen-bond donors (Lipinski definition) is 1. The van der Waals surface area contributed by atoms with Crippen molar-refractivity contribution in [3.63, 3.8) is 0 Å². The Morgan fingerprint density at radius 1 is 1.26 bits per heavy atom. The van der Waals surface area contributed by atoms with E-state index in [9.17, 15) is 13.2 Å². The quantitative estimate of drug-likeness (QED) is 0.856. The summed E-state index contributed by atoms with van der Waals surface area (Å²) in [6, 6.07) is 7.24. The van der Waals surface area contributed by atoms with Gasteiger partial charge in [-0.15, -0.1) is 0 Å². The molecule has 0 bridgehead atoms. The molecule has 106 valence electrons. The summed E-state index contributed by atoms with van der Waals surface area (Å²) in [7, 11) is -3.35. The largest absolute Gasteiger partial charge is 0.354 e. The van der Waals surface area contributed by atoms with Gasteiger partial charge in [-0.2, -0.15) is 0 Å². The summed E-state index contributed by atoms with van der Waals surface area (Å²) in [5.74, 6) is -0.0858. The number of anilines is 1. The number of aryl methyl sites for hydroxylation is 1. The summed E-state index contributed by atoms with van der Waals surface area (Å²) in [5.41, 5.74) is 1.68. The first-order chi connectivity index (χ1) is 8.84. The van der Waals surface area contributed by atoms with Crippen molar-refractivity contribution in [1.82, 2.24) is 5.32 Å². The Hall–Kier alpha value is -1.56. The molecule has 0 aliphatic rings. The van der Waals surface area contributed by atoms with Crippen molar-refractivity contribution in [2.24, 2.45) is 0 Å². The van der Waals surface area contributed by atoms with Gasteiger partial charge in [0, 0.05) is 13.0 Å². The van der Waals surface area contributed by atoms with Gasteiger partial charge in [0.1, 0.15) is 0 Å². The van der Waals surface area contributed by atoms with Crippen LogP contribution in [0.2, 0.25) is 0 Å². The van der Waals surface area contributed by atoms with Crippen LogP contribution in [0, 0.1) is 6.92 Å². The number of sulfonamides is 1. The second-order valence-corrected chi connectivity index (χ2v) is 6.28. The molecule has 0 aromatic heterocycles. The van der Waals surface area contributed by atoms with E-state index in [4.69, 9.17) is 0 Å². The van der Waals surface area contributed by atoms with Crippen molar-refractivity contribution in [3.05, 3.63) is 29.8 Å². The summed E-state index contributed by atoms with van der Waals surface area (Å²) in [5, 5.41) is 2.67. The first-order valence-electron chi connectivity index (χ1n) is 6.15. The lowest BCUT2D eigenvalue weighted by Gasteiger charge is -2.22. The van der Waals surface area contributed by atoms with E-state index < -0.39 is 10.0 Å². The highest BCUT2D eigenvalue weighted by molar-refractivity contribution is 7.92. The van der Waals surface area contributed by atoms with Gasteiger partial charge in [-0.05, 0) is 19.1 Å². The number of nitrogens with one attached hydrogen (secondary N) is 1. The molecular weight excluding hydrogens is 264 g/mol. The molecule has 1 rings (SSSR count). The lowest BCUT2D eigenvalue weighted by Crippen LogP contribution is -2.38. The van der Waals surface area contributed by atoms with E-state index in [0.717, 1.165) is 11.8 Å². The number of amides is 1. The molecule has 19 heavy (non-hydrogen) atoms. The molecule has 0 radical (unpaired) electrons. The van der Waals surface area contributed by atoms with Gasteiger partial charge in [-0.3, -0.25) is 9.10 Å². The van der Waals surface area contributed by atoms with Crippen LogP contribution in [0.1, 0.15) is 18.9 Å². The summed E-state index contributed by atoms with van der Waals surface area (Å²) in [6.45, 7) is 4.22. The predicted molar refractivity (Wildman–Crippen MR) is 76.7 cm³/mol. The SMILES string of the molecule is CCC(=O)NCCN(c1ccc(C)cc1)S(C)(=O)=O. The number of hydrogen-bond acceptors (Lipinski definition) is 3. The maximum Gasteiger partial charge on any atom is 0.232 e. The van der Waals surface area contributed by atoms with Gasteiger partial charge in [0.2, 0.25) is 15.9 Å². The summed E-state index contributed by atoms with van der Waals surface area (Å²) in [6.07, 6.45) is 1.55. The first-order valence-corrected chi connectivity index (χ1v) is 8.00. The standard InChI is InChI=1S/C13H20N2O3S/c1-4-13(16)14-9-10-15(19(3,17)18)12-7-5-11(2)6-8-12/h5-8H,4,9-10H2,1-3H3,(H,14,16). The van der Waals surface area contributed by atoms with Crippen LogP contribution in [0.3, 0.4) is 0 Å². The maximum atomic E-state index is 11.8. The molecule has 0 aliphatic heterocycles. The maximum absolute atomic E-state index is 11.8. The van der Waals surface area contributed by atoms with E-state index in [1.54, 1.807) is 19.1 Å². The third kappa shape index (κ3) is 4.90. The highest BCUT2D eigenvalue weighted by Crippen LogP contribution is 2.17. The lowest BCUT2D eigenvalue weighted by atomic mass is 10.2. The topological polar surface area (TPSA) is 66.5 Å². The fraction of sp³-hybridized carbons (Fsp3) is 0.462. The van der Waals surface area contributed by atoms with Crippen molar-refractivity contribution in [2.75, 3.05) is 23.7 Å². The average Bonchev–Trinajstić information content (AvgIpc) is 2.34. The molecule has 1 N–H and O–H groups in total. The van der Waals surface area contributed by atoms with E-state index in [-0.39, 0.29) is 12.5 Å². The zero-order chi connectivity index (χ0) is 14.5.